The minimum absolute atomic E-state index is 0.00133. The average molecular weight is 355 g/mol. The molecule has 1 aliphatic rings. The Morgan fingerprint density at radius 3 is 2.69 bits per heavy atom. The van der Waals surface area contributed by atoms with Crippen LogP contribution in [-0.2, 0) is 4.79 Å². The SMILES string of the molecule is CC(=O)Nc1c[nH]c(C)c1C(=O)N1CC[C@@H](c2ccccc2)[C@@H](CO)C1. The number of carbonyl (C=O) groups is 2. The lowest BCUT2D eigenvalue weighted by Crippen LogP contribution is -2.44. The summed E-state index contributed by atoms with van der Waals surface area (Å²) in [5.74, 6) is -0.0857. The van der Waals surface area contributed by atoms with Gasteiger partial charge in [-0.05, 0) is 24.8 Å². The van der Waals surface area contributed by atoms with Gasteiger partial charge in [-0.15, -0.1) is 0 Å². The van der Waals surface area contributed by atoms with Crippen LogP contribution in [0.25, 0.3) is 0 Å². The summed E-state index contributed by atoms with van der Waals surface area (Å²) in [5, 5.41) is 12.6. The van der Waals surface area contributed by atoms with E-state index in [-0.39, 0.29) is 30.3 Å². The fourth-order valence-corrected chi connectivity index (χ4v) is 3.79. The number of carbonyl (C=O) groups excluding carboxylic acids is 2. The molecule has 6 nitrogen and oxygen atoms in total. The van der Waals surface area contributed by atoms with E-state index in [0.29, 0.717) is 24.3 Å². The summed E-state index contributed by atoms with van der Waals surface area (Å²) in [5.41, 5.74) is 2.93. The van der Waals surface area contributed by atoms with E-state index in [1.165, 1.54) is 12.5 Å². The Bertz CT molecular complexity index is 785. The Morgan fingerprint density at radius 1 is 1.31 bits per heavy atom. The molecule has 0 unspecified atom stereocenters. The number of aromatic amines is 1. The third-order valence-corrected chi connectivity index (χ3v) is 5.09. The maximum absolute atomic E-state index is 13.1. The molecule has 1 aromatic carbocycles. The number of aromatic nitrogens is 1. The number of piperidine rings is 1. The molecule has 1 fully saturated rings. The second kappa shape index (κ2) is 7.74. The normalized spacial score (nSPS) is 20.0. The van der Waals surface area contributed by atoms with E-state index in [4.69, 9.17) is 0 Å². The zero-order chi connectivity index (χ0) is 18.7. The summed E-state index contributed by atoms with van der Waals surface area (Å²) in [6.07, 6.45) is 2.45. The van der Waals surface area contributed by atoms with E-state index >= 15 is 0 Å². The van der Waals surface area contributed by atoms with E-state index in [2.05, 4.69) is 22.4 Å². The summed E-state index contributed by atoms with van der Waals surface area (Å²) < 4.78 is 0. The molecule has 0 radical (unpaired) electrons. The van der Waals surface area contributed by atoms with Crippen molar-refractivity contribution >= 4 is 17.5 Å². The van der Waals surface area contributed by atoms with Gasteiger partial charge in [-0.25, -0.2) is 0 Å². The Labute approximate surface area is 153 Å². The van der Waals surface area contributed by atoms with Crippen LogP contribution in [0.15, 0.2) is 36.5 Å². The van der Waals surface area contributed by atoms with Crippen LogP contribution >= 0.6 is 0 Å². The van der Waals surface area contributed by atoms with Crippen molar-refractivity contribution in [1.29, 1.82) is 0 Å². The summed E-state index contributed by atoms with van der Waals surface area (Å²) in [6.45, 7) is 4.40. The summed E-state index contributed by atoms with van der Waals surface area (Å²) >= 11 is 0. The van der Waals surface area contributed by atoms with E-state index in [1.54, 1.807) is 11.1 Å². The highest BCUT2D eigenvalue weighted by atomic mass is 16.3. The number of nitrogens with zero attached hydrogens (tertiary/aromatic N) is 1. The molecule has 1 aromatic heterocycles. The van der Waals surface area contributed by atoms with Crippen molar-refractivity contribution in [3.05, 3.63) is 53.3 Å². The molecule has 138 valence electrons. The Balaban J connectivity index is 1.79. The topological polar surface area (TPSA) is 85.4 Å². The Hall–Kier alpha value is -2.60. The second-order valence-corrected chi connectivity index (χ2v) is 6.88. The first-order valence-electron chi connectivity index (χ1n) is 8.92. The second-order valence-electron chi connectivity index (χ2n) is 6.88. The molecule has 2 amide bonds. The molecular weight excluding hydrogens is 330 g/mol. The number of hydrogen-bond acceptors (Lipinski definition) is 3. The quantitative estimate of drug-likeness (QED) is 0.788. The number of amides is 2. The molecular formula is C20H25N3O3. The monoisotopic (exact) mass is 355 g/mol. The minimum atomic E-state index is -0.214. The van der Waals surface area contributed by atoms with Gasteiger partial charge in [-0.2, -0.15) is 0 Å². The Kier molecular flexibility index (Phi) is 5.42. The number of aliphatic hydroxyl groups excluding tert-OH is 1. The van der Waals surface area contributed by atoms with Crippen molar-refractivity contribution < 1.29 is 14.7 Å². The van der Waals surface area contributed by atoms with E-state index in [0.717, 1.165) is 12.1 Å². The van der Waals surface area contributed by atoms with Crippen molar-refractivity contribution in [1.82, 2.24) is 9.88 Å². The van der Waals surface area contributed by atoms with Crippen molar-refractivity contribution in [2.24, 2.45) is 5.92 Å². The van der Waals surface area contributed by atoms with Gasteiger partial charge < -0.3 is 20.3 Å². The number of H-pyrrole nitrogens is 1. The van der Waals surface area contributed by atoms with Gasteiger partial charge in [0.1, 0.15) is 0 Å². The van der Waals surface area contributed by atoms with Crippen LogP contribution in [0.2, 0.25) is 0 Å². The van der Waals surface area contributed by atoms with Gasteiger partial charge in [0, 0.05) is 44.4 Å². The van der Waals surface area contributed by atoms with Crippen molar-refractivity contribution in [3.8, 4) is 0 Å². The number of benzene rings is 1. The maximum Gasteiger partial charge on any atom is 0.257 e. The number of aliphatic hydroxyl groups is 1. The van der Waals surface area contributed by atoms with Gasteiger partial charge in [0.05, 0.1) is 11.3 Å². The van der Waals surface area contributed by atoms with Gasteiger partial charge in [0.15, 0.2) is 0 Å². The highest BCUT2D eigenvalue weighted by Crippen LogP contribution is 2.34. The largest absolute Gasteiger partial charge is 0.396 e. The number of rotatable bonds is 4. The van der Waals surface area contributed by atoms with Gasteiger partial charge >= 0.3 is 0 Å². The number of nitrogens with one attached hydrogen (secondary N) is 2. The van der Waals surface area contributed by atoms with Gasteiger partial charge in [-0.1, -0.05) is 30.3 Å². The van der Waals surface area contributed by atoms with Gasteiger partial charge in [0.2, 0.25) is 5.91 Å². The maximum atomic E-state index is 13.1. The number of anilines is 1. The minimum Gasteiger partial charge on any atom is -0.396 e. The first kappa shape index (κ1) is 18.2. The third-order valence-electron chi connectivity index (χ3n) is 5.09. The van der Waals surface area contributed by atoms with Crippen LogP contribution in [0.4, 0.5) is 5.69 Å². The molecule has 1 saturated heterocycles. The molecule has 2 atom stereocenters. The van der Waals surface area contributed by atoms with E-state index in [9.17, 15) is 14.7 Å². The lowest BCUT2D eigenvalue weighted by molar-refractivity contribution is -0.114. The van der Waals surface area contributed by atoms with Crippen LogP contribution in [0, 0.1) is 12.8 Å². The lowest BCUT2D eigenvalue weighted by Gasteiger charge is -2.38. The first-order valence-corrected chi connectivity index (χ1v) is 8.92. The van der Waals surface area contributed by atoms with Gasteiger partial charge in [-0.3, -0.25) is 9.59 Å². The molecule has 1 aliphatic heterocycles. The Morgan fingerprint density at radius 2 is 2.04 bits per heavy atom. The number of aryl methyl sites for hydroxylation is 1. The van der Waals surface area contributed by atoms with Crippen LogP contribution in [0.1, 0.15) is 40.9 Å². The molecule has 0 spiro atoms. The summed E-state index contributed by atoms with van der Waals surface area (Å²) in [7, 11) is 0. The molecule has 0 bridgehead atoms. The lowest BCUT2D eigenvalue weighted by atomic mass is 9.80. The molecule has 2 heterocycles. The molecule has 6 heteroatoms. The average Bonchev–Trinajstić information content (AvgIpc) is 3.00. The summed E-state index contributed by atoms with van der Waals surface area (Å²) in [4.78, 5) is 29.2. The van der Waals surface area contributed by atoms with Crippen molar-refractivity contribution in [2.45, 2.75) is 26.2 Å². The fraction of sp³-hybridized carbons (Fsp3) is 0.400. The number of likely N-dealkylation sites (tertiary alicyclic amines) is 1. The van der Waals surface area contributed by atoms with Crippen LogP contribution in [-0.4, -0.2) is 46.5 Å². The molecule has 2 aromatic rings. The molecule has 3 N–H and O–H groups in total. The van der Waals surface area contributed by atoms with Crippen LogP contribution in [0.5, 0.6) is 0 Å². The molecule has 3 rings (SSSR count). The molecule has 0 aliphatic carbocycles. The molecule has 0 saturated carbocycles. The highest BCUT2D eigenvalue weighted by Gasteiger charge is 2.33. The highest BCUT2D eigenvalue weighted by molar-refractivity contribution is 6.04. The smallest absolute Gasteiger partial charge is 0.257 e. The predicted octanol–water partition coefficient (Wildman–Crippen LogP) is 2.52. The first-order chi connectivity index (χ1) is 12.5. The number of hydrogen-bond donors (Lipinski definition) is 3. The zero-order valence-electron chi connectivity index (χ0n) is 15.2. The third kappa shape index (κ3) is 3.65. The van der Waals surface area contributed by atoms with Crippen LogP contribution < -0.4 is 5.32 Å². The van der Waals surface area contributed by atoms with Crippen molar-refractivity contribution in [2.75, 3.05) is 25.0 Å². The predicted molar refractivity (Wildman–Crippen MR) is 100 cm³/mol. The zero-order valence-corrected chi connectivity index (χ0v) is 15.2. The van der Waals surface area contributed by atoms with Crippen molar-refractivity contribution in [3.63, 3.8) is 0 Å². The van der Waals surface area contributed by atoms with Gasteiger partial charge in [0.25, 0.3) is 5.91 Å². The van der Waals surface area contributed by atoms with E-state index in [1.807, 2.05) is 25.1 Å². The standard InChI is InChI=1S/C20H25N3O3/c1-13-19(18(10-21-13)22-14(2)25)20(26)23-9-8-17(16(11-23)12-24)15-6-4-3-5-7-15/h3-7,10,16-17,21,24H,8-9,11-12H2,1-2H3,(H,22,25)/t16-,17+/m1/s1. The van der Waals surface area contributed by atoms with E-state index < -0.39 is 0 Å². The fourth-order valence-electron chi connectivity index (χ4n) is 3.79. The molecule has 26 heavy (non-hydrogen) atoms. The summed E-state index contributed by atoms with van der Waals surface area (Å²) in [6, 6.07) is 10.1. The van der Waals surface area contributed by atoms with Crippen LogP contribution in [0.3, 0.4) is 0 Å².